The Morgan fingerprint density at radius 3 is 2.79 bits per heavy atom. The molecule has 0 fully saturated rings. The number of methoxy groups -OCH3 is 1. The highest BCUT2D eigenvalue weighted by Crippen LogP contribution is 2.30. The van der Waals surface area contributed by atoms with Crippen LogP contribution in [-0.4, -0.2) is 34.4 Å². The zero-order valence-corrected chi connectivity index (χ0v) is 12.1. The van der Waals surface area contributed by atoms with Gasteiger partial charge in [0.15, 0.2) is 5.82 Å². The van der Waals surface area contributed by atoms with Crippen molar-refractivity contribution >= 4 is 11.6 Å². The van der Waals surface area contributed by atoms with Crippen LogP contribution in [0.25, 0.3) is 5.69 Å². The van der Waals surface area contributed by atoms with Crippen LogP contribution < -0.4 is 10.1 Å². The Morgan fingerprint density at radius 1 is 1.42 bits per heavy atom. The second-order valence-corrected chi connectivity index (χ2v) is 4.64. The predicted molar refractivity (Wildman–Crippen MR) is 72.9 cm³/mol. The van der Waals surface area contributed by atoms with Gasteiger partial charge in [0.05, 0.1) is 13.2 Å². The molecule has 1 N–H and O–H groups in total. The Balaban J connectivity index is 2.59. The van der Waals surface area contributed by atoms with E-state index in [1.54, 1.807) is 17.9 Å². The number of hydrogen-bond acceptors (Lipinski definition) is 5. The summed E-state index contributed by atoms with van der Waals surface area (Å²) in [5.41, 5.74) is 1.71. The van der Waals surface area contributed by atoms with Crippen LogP contribution >= 0.6 is 11.6 Å². The van der Waals surface area contributed by atoms with Crippen molar-refractivity contribution < 1.29 is 4.74 Å². The van der Waals surface area contributed by atoms with Gasteiger partial charge in [0.1, 0.15) is 11.4 Å². The van der Waals surface area contributed by atoms with Gasteiger partial charge in [0.25, 0.3) is 0 Å². The van der Waals surface area contributed by atoms with E-state index in [-0.39, 0.29) is 6.04 Å². The van der Waals surface area contributed by atoms with E-state index in [0.717, 1.165) is 11.3 Å². The molecule has 0 saturated heterocycles. The van der Waals surface area contributed by atoms with E-state index >= 15 is 0 Å². The van der Waals surface area contributed by atoms with Gasteiger partial charge in [0, 0.05) is 11.1 Å². The van der Waals surface area contributed by atoms with Crippen LogP contribution in [0.4, 0.5) is 0 Å². The molecule has 0 amide bonds. The van der Waals surface area contributed by atoms with Crippen LogP contribution in [0, 0.1) is 6.92 Å². The van der Waals surface area contributed by atoms with Crippen molar-refractivity contribution in [1.82, 2.24) is 25.5 Å². The quantitative estimate of drug-likeness (QED) is 0.927. The number of rotatable bonds is 4. The van der Waals surface area contributed by atoms with Gasteiger partial charge in [-0.2, -0.15) is 4.68 Å². The first-order valence-corrected chi connectivity index (χ1v) is 6.26. The van der Waals surface area contributed by atoms with Crippen LogP contribution in [0.5, 0.6) is 5.75 Å². The molecule has 0 bridgehead atoms. The predicted octanol–water partition coefficient (Wildman–Crippen LogP) is 1.91. The summed E-state index contributed by atoms with van der Waals surface area (Å²) in [5.74, 6) is 1.34. The number of hydrogen-bond donors (Lipinski definition) is 1. The monoisotopic (exact) mass is 281 g/mol. The fourth-order valence-electron chi connectivity index (χ4n) is 1.74. The topological polar surface area (TPSA) is 64.9 Å². The summed E-state index contributed by atoms with van der Waals surface area (Å²) >= 11 is 6.10. The molecule has 1 aromatic heterocycles. The summed E-state index contributed by atoms with van der Waals surface area (Å²) < 4.78 is 7.01. The van der Waals surface area contributed by atoms with E-state index in [1.807, 2.05) is 27.0 Å². The zero-order valence-electron chi connectivity index (χ0n) is 11.3. The molecule has 1 atom stereocenters. The highest BCUT2D eigenvalue weighted by Gasteiger charge is 2.18. The normalized spacial score (nSPS) is 12.5. The fourth-order valence-corrected chi connectivity index (χ4v) is 1.90. The molecular formula is C12H16ClN5O. The first kappa shape index (κ1) is 13.8. The molecule has 1 heterocycles. The molecule has 2 rings (SSSR count). The van der Waals surface area contributed by atoms with Crippen LogP contribution in [0.15, 0.2) is 12.1 Å². The number of aryl methyl sites for hydroxylation is 1. The number of benzene rings is 1. The Kier molecular flexibility index (Phi) is 4.01. The van der Waals surface area contributed by atoms with Gasteiger partial charge in [-0.25, -0.2) is 0 Å². The molecular weight excluding hydrogens is 266 g/mol. The van der Waals surface area contributed by atoms with Crippen molar-refractivity contribution in [2.75, 3.05) is 14.2 Å². The average Bonchev–Trinajstić information content (AvgIpc) is 2.89. The molecule has 0 aliphatic heterocycles. The molecule has 6 nitrogen and oxygen atoms in total. The Morgan fingerprint density at radius 2 is 2.16 bits per heavy atom. The highest BCUT2D eigenvalue weighted by atomic mass is 35.5. The number of ether oxygens (including phenoxy) is 1. The molecule has 19 heavy (non-hydrogen) atoms. The lowest BCUT2D eigenvalue weighted by atomic mass is 10.2. The standard InChI is InChI=1S/C12H16ClN5O/c1-7-5-10(11(19-4)6-9(7)13)18-12(8(2)14-3)15-16-17-18/h5-6,8,14H,1-4H3. The van der Waals surface area contributed by atoms with Crippen molar-refractivity contribution in [2.24, 2.45) is 0 Å². The van der Waals surface area contributed by atoms with Gasteiger partial charge in [-0.3, -0.25) is 0 Å². The lowest BCUT2D eigenvalue weighted by molar-refractivity contribution is 0.410. The summed E-state index contributed by atoms with van der Waals surface area (Å²) in [5, 5.41) is 15.6. The zero-order chi connectivity index (χ0) is 14.0. The second kappa shape index (κ2) is 5.54. The molecule has 1 aromatic carbocycles. The molecule has 2 aromatic rings. The minimum Gasteiger partial charge on any atom is -0.494 e. The first-order chi connectivity index (χ1) is 9.08. The van der Waals surface area contributed by atoms with Crippen LogP contribution in [-0.2, 0) is 0 Å². The molecule has 0 saturated carbocycles. The number of aromatic nitrogens is 4. The first-order valence-electron chi connectivity index (χ1n) is 5.88. The van der Waals surface area contributed by atoms with Gasteiger partial charge in [-0.1, -0.05) is 11.6 Å². The number of tetrazole rings is 1. The smallest absolute Gasteiger partial charge is 0.173 e. The summed E-state index contributed by atoms with van der Waals surface area (Å²) in [4.78, 5) is 0. The summed E-state index contributed by atoms with van der Waals surface area (Å²) in [6, 6.07) is 3.70. The Hall–Kier alpha value is -1.66. The summed E-state index contributed by atoms with van der Waals surface area (Å²) in [6.45, 7) is 3.91. The largest absolute Gasteiger partial charge is 0.494 e. The maximum Gasteiger partial charge on any atom is 0.173 e. The Labute approximate surface area is 116 Å². The molecule has 0 aliphatic rings. The van der Waals surface area contributed by atoms with Crippen molar-refractivity contribution in [2.45, 2.75) is 19.9 Å². The van der Waals surface area contributed by atoms with Crippen molar-refractivity contribution in [3.05, 3.63) is 28.5 Å². The second-order valence-electron chi connectivity index (χ2n) is 4.23. The van der Waals surface area contributed by atoms with E-state index in [4.69, 9.17) is 16.3 Å². The average molecular weight is 282 g/mol. The molecule has 7 heteroatoms. The highest BCUT2D eigenvalue weighted by molar-refractivity contribution is 6.31. The third kappa shape index (κ3) is 2.54. The Bertz CT molecular complexity index is 583. The van der Waals surface area contributed by atoms with Gasteiger partial charge in [-0.15, -0.1) is 5.10 Å². The van der Waals surface area contributed by atoms with E-state index in [9.17, 15) is 0 Å². The van der Waals surface area contributed by atoms with E-state index in [1.165, 1.54) is 0 Å². The molecule has 1 unspecified atom stereocenters. The summed E-state index contributed by atoms with van der Waals surface area (Å²) in [7, 11) is 3.45. The van der Waals surface area contributed by atoms with Crippen LogP contribution in [0.3, 0.4) is 0 Å². The lowest BCUT2D eigenvalue weighted by Gasteiger charge is -2.14. The lowest BCUT2D eigenvalue weighted by Crippen LogP contribution is -2.18. The number of nitrogens with one attached hydrogen (secondary N) is 1. The molecule has 0 aliphatic carbocycles. The fraction of sp³-hybridized carbons (Fsp3) is 0.417. The minimum absolute atomic E-state index is 0.0238. The maximum absolute atomic E-state index is 6.10. The van der Waals surface area contributed by atoms with Gasteiger partial charge >= 0.3 is 0 Å². The third-order valence-corrected chi connectivity index (χ3v) is 3.41. The van der Waals surface area contributed by atoms with Crippen LogP contribution in [0.1, 0.15) is 24.4 Å². The minimum atomic E-state index is 0.0238. The van der Waals surface area contributed by atoms with E-state index in [2.05, 4.69) is 20.8 Å². The van der Waals surface area contributed by atoms with Gasteiger partial charge in [0.2, 0.25) is 0 Å². The number of nitrogens with zero attached hydrogens (tertiary/aromatic N) is 4. The third-order valence-electron chi connectivity index (χ3n) is 3.00. The van der Waals surface area contributed by atoms with Gasteiger partial charge in [-0.05, 0) is 43.0 Å². The van der Waals surface area contributed by atoms with Crippen molar-refractivity contribution in [3.8, 4) is 11.4 Å². The van der Waals surface area contributed by atoms with E-state index < -0.39 is 0 Å². The van der Waals surface area contributed by atoms with Crippen LogP contribution in [0.2, 0.25) is 5.02 Å². The van der Waals surface area contributed by atoms with Crippen molar-refractivity contribution in [3.63, 3.8) is 0 Å². The maximum atomic E-state index is 6.10. The summed E-state index contributed by atoms with van der Waals surface area (Å²) in [6.07, 6.45) is 0. The number of halogens is 1. The SMILES string of the molecule is CNC(C)c1nnnn1-c1cc(C)c(Cl)cc1OC. The molecule has 102 valence electrons. The van der Waals surface area contributed by atoms with E-state index in [0.29, 0.717) is 16.6 Å². The molecule has 0 spiro atoms. The van der Waals surface area contributed by atoms with Crippen molar-refractivity contribution in [1.29, 1.82) is 0 Å². The van der Waals surface area contributed by atoms with Gasteiger partial charge < -0.3 is 10.1 Å². The molecule has 0 radical (unpaired) electrons.